The molecule has 1 N–H and O–H groups in total. The maximum absolute atomic E-state index is 11.4. The van der Waals surface area contributed by atoms with E-state index in [0.29, 0.717) is 0 Å². The highest BCUT2D eigenvalue weighted by Gasteiger charge is 2.16. The molecule has 0 unspecified atom stereocenters. The van der Waals surface area contributed by atoms with Gasteiger partial charge in [-0.1, -0.05) is 6.07 Å². The van der Waals surface area contributed by atoms with Crippen LogP contribution in [0, 0.1) is 0 Å². The van der Waals surface area contributed by atoms with Gasteiger partial charge in [0.25, 0.3) is 5.56 Å². The van der Waals surface area contributed by atoms with E-state index in [4.69, 9.17) is 0 Å². The Labute approximate surface area is 131 Å². The Hall–Kier alpha value is -2.05. The first-order valence-corrected chi connectivity index (χ1v) is 8.27. The molecule has 0 saturated carbocycles. The maximum atomic E-state index is 11.4. The zero-order valence-electron chi connectivity index (χ0n) is 12.1. The van der Waals surface area contributed by atoms with Gasteiger partial charge in [0.1, 0.15) is 0 Å². The molecule has 3 aromatic rings. The smallest absolute Gasteiger partial charge is 0.266 e. The Kier molecular flexibility index (Phi) is 3.48. The monoisotopic (exact) mass is 312 g/mol. The Bertz CT molecular complexity index is 870. The van der Waals surface area contributed by atoms with Crippen LogP contribution in [-0.4, -0.2) is 32.9 Å². The zero-order chi connectivity index (χ0) is 14.9. The molecule has 1 aliphatic rings. The number of hydrogen-bond donors (Lipinski definition) is 1. The molecule has 6 heteroatoms. The number of fused-ring (bicyclic) bond motifs is 2. The van der Waals surface area contributed by atoms with Gasteiger partial charge in [-0.25, -0.2) is 4.98 Å². The van der Waals surface area contributed by atoms with E-state index in [-0.39, 0.29) is 5.56 Å². The van der Waals surface area contributed by atoms with E-state index in [9.17, 15) is 4.79 Å². The summed E-state index contributed by atoms with van der Waals surface area (Å²) < 4.78 is 1.23. The van der Waals surface area contributed by atoms with Crippen molar-refractivity contribution in [2.24, 2.45) is 0 Å². The van der Waals surface area contributed by atoms with Gasteiger partial charge in [0.2, 0.25) is 0 Å². The standard InChI is InChI=1S/C16H16N4OS/c21-16-8-17-12-3-5-20(6-4-13(12)19-16)9-11-1-2-15-14(7-11)18-10-22-15/h1-2,7-8,10H,3-6,9H2,(H,19,21). The Balaban J connectivity index is 1.51. The molecule has 0 fully saturated rings. The molecule has 0 radical (unpaired) electrons. The van der Waals surface area contributed by atoms with Gasteiger partial charge >= 0.3 is 0 Å². The summed E-state index contributed by atoms with van der Waals surface area (Å²) in [6.07, 6.45) is 3.10. The maximum Gasteiger partial charge on any atom is 0.266 e. The number of H-pyrrole nitrogens is 1. The Morgan fingerprint density at radius 1 is 1.23 bits per heavy atom. The van der Waals surface area contributed by atoms with Crippen LogP contribution < -0.4 is 5.56 Å². The minimum atomic E-state index is -0.110. The van der Waals surface area contributed by atoms with E-state index in [1.165, 1.54) is 16.5 Å². The van der Waals surface area contributed by atoms with Crippen molar-refractivity contribution < 1.29 is 0 Å². The van der Waals surface area contributed by atoms with Crippen molar-refractivity contribution in [2.75, 3.05) is 13.1 Å². The summed E-state index contributed by atoms with van der Waals surface area (Å²) in [5, 5.41) is 0. The summed E-state index contributed by atoms with van der Waals surface area (Å²) in [6.45, 7) is 2.80. The Morgan fingerprint density at radius 3 is 3.09 bits per heavy atom. The summed E-state index contributed by atoms with van der Waals surface area (Å²) >= 11 is 1.67. The van der Waals surface area contributed by atoms with Gasteiger partial charge in [0.15, 0.2) is 0 Å². The number of aromatic nitrogens is 3. The van der Waals surface area contributed by atoms with Crippen LogP contribution in [0.25, 0.3) is 10.2 Å². The SMILES string of the molecule is O=c1cnc2c([nH]1)CCN(Cc1ccc3scnc3c1)CC2. The third-order valence-corrected chi connectivity index (χ3v) is 4.91. The van der Waals surface area contributed by atoms with Crippen molar-refractivity contribution in [1.82, 2.24) is 19.9 Å². The van der Waals surface area contributed by atoms with Crippen LogP contribution in [0.15, 0.2) is 34.7 Å². The van der Waals surface area contributed by atoms with Gasteiger partial charge in [0, 0.05) is 38.2 Å². The van der Waals surface area contributed by atoms with Gasteiger partial charge in [-0.3, -0.25) is 14.7 Å². The highest BCUT2D eigenvalue weighted by molar-refractivity contribution is 7.16. The van der Waals surface area contributed by atoms with Gasteiger partial charge in [-0.05, 0) is 17.7 Å². The van der Waals surface area contributed by atoms with Crippen LogP contribution in [0.3, 0.4) is 0 Å². The number of hydrogen-bond acceptors (Lipinski definition) is 5. The van der Waals surface area contributed by atoms with Crippen LogP contribution in [0.5, 0.6) is 0 Å². The molecule has 0 saturated heterocycles. The zero-order valence-corrected chi connectivity index (χ0v) is 12.9. The average Bonchev–Trinajstić information content (AvgIpc) is 2.90. The first-order valence-electron chi connectivity index (χ1n) is 7.39. The minimum absolute atomic E-state index is 0.110. The first kappa shape index (κ1) is 13.6. The molecular weight excluding hydrogens is 296 g/mol. The number of thiazole rings is 1. The number of nitrogens with one attached hydrogen (secondary N) is 1. The molecule has 2 aromatic heterocycles. The molecule has 0 amide bonds. The lowest BCUT2D eigenvalue weighted by molar-refractivity contribution is 0.278. The quantitative estimate of drug-likeness (QED) is 0.786. The molecule has 22 heavy (non-hydrogen) atoms. The van der Waals surface area contributed by atoms with Crippen LogP contribution in [0.1, 0.15) is 17.0 Å². The van der Waals surface area contributed by atoms with Gasteiger partial charge in [-0.2, -0.15) is 0 Å². The van der Waals surface area contributed by atoms with E-state index in [1.807, 2.05) is 5.51 Å². The molecular formula is C16H16N4OS. The van der Waals surface area contributed by atoms with Gasteiger partial charge < -0.3 is 4.98 Å². The van der Waals surface area contributed by atoms with E-state index in [0.717, 1.165) is 49.4 Å². The van der Waals surface area contributed by atoms with Crippen molar-refractivity contribution in [1.29, 1.82) is 0 Å². The number of benzene rings is 1. The fourth-order valence-electron chi connectivity index (χ4n) is 2.95. The lowest BCUT2D eigenvalue weighted by atomic mass is 10.2. The van der Waals surface area contributed by atoms with Crippen LogP contribution in [-0.2, 0) is 19.4 Å². The minimum Gasteiger partial charge on any atom is -0.323 e. The molecule has 0 aliphatic carbocycles. The molecule has 1 aliphatic heterocycles. The predicted molar refractivity (Wildman–Crippen MR) is 87.2 cm³/mol. The summed E-state index contributed by atoms with van der Waals surface area (Å²) in [7, 11) is 0. The molecule has 0 bridgehead atoms. The summed E-state index contributed by atoms with van der Waals surface area (Å²) in [5.74, 6) is 0. The lowest BCUT2D eigenvalue weighted by Gasteiger charge is -2.19. The fourth-order valence-corrected chi connectivity index (χ4v) is 3.61. The fraction of sp³-hybridized carbons (Fsp3) is 0.312. The highest BCUT2D eigenvalue weighted by Crippen LogP contribution is 2.20. The highest BCUT2D eigenvalue weighted by atomic mass is 32.1. The summed E-state index contributed by atoms with van der Waals surface area (Å²) in [5.41, 5.74) is 6.15. The first-order chi connectivity index (χ1) is 10.8. The van der Waals surface area contributed by atoms with E-state index in [2.05, 4.69) is 38.1 Å². The molecule has 0 spiro atoms. The second kappa shape index (κ2) is 5.62. The van der Waals surface area contributed by atoms with Crippen molar-refractivity contribution >= 4 is 21.6 Å². The summed E-state index contributed by atoms with van der Waals surface area (Å²) in [6, 6.07) is 6.50. The molecule has 4 rings (SSSR count). The molecule has 1 aromatic carbocycles. The van der Waals surface area contributed by atoms with E-state index in [1.54, 1.807) is 11.3 Å². The number of rotatable bonds is 2. The molecule has 112 valence electrons. The van der Waals surface area contributed by atoms with E-state index < -0.39 is 0 Å². The van der Waals surface area contributed by atoms with Crippen molar-refractivity contribution in [3.63, 3.8) is 0 Å². The van der Waals surface area contributed by atoms with Crippen molar-refractivity contribution in [3.8, 4) is 0 Å². The van der Waals surface area contributed by atoms with Crippen LogP contribution >= 0.6 is 11.3 Å². The van der Waals surface area contributed by atoms with Crippen LogP contribution in [0.4, 0.5) is 0 Å². The Morgan fingerprint density at radius 2 is 2.14 bits per heavy atom. The third kappa shape index (κ3) is 2.67. The predicted octanol–water partition coefficient (Wildman–Crippen LogP) is 1.98. The van der Waals surface area contributed by atoms with E-state index >= 15 is 0 Å². The topological polar surface area (TPSA) is 61.9 Å². The van der Waals surface area contributed by atoms with Crippen molar-refractivity contribution in [2.45, 2.75) is 19.4 Å². The number of aromatic amines is 1. The largest absolute Gasteiger partial charge is 0.323 e. The lowest BCUT2D eigenvalue weighted by Crippen LogP contribution is -2.26. The third-order valence-electron chi connectivity index (χ3n) is 4.10. The second-order valence-corrected chi connectivity index (χ2v) is 6.49. The van der Waals surface area contributed by atoms with Crippen LogP contribution in [0.2, 0.25) is 0 Å². The molecule has 0 atom stereocenters. The molecule has 3 heterocycles. The summed E-state index contributed by atoms with van der Waals surface area (Å²) in [4.78, 5) is 25.4. The second-order valence-electron chi connectivity index (χ2n) is 5.60. The molecule has 5 nitrogen and oxygen atoms in total. The average molecular weight is 312 g/mol. The van der Waals surface area contributed by atoms with Crippen molar-refractivity contribution in [3.05, 3.63) is 57.2 Å². The van der Waals surface area contributed by atoms with Gasteiger partial charge in [0.05, 0.1) is 27.6 Å². The normalized spacial score (nSPS) is 15.6. The van der Waals surface area contributed by atoms with Gasteiger partial charge in [-0.15, -0.1) is 11.3 Å². The number of nitrogens with zero attached hydrogens (tertiary/aromatic N) is 3.